The van der Waals surface area contributed by atoms with Gasteiger partial charge in [-0.1, -0.05) is 36.1 Å². The zero-order valence-corrected chi connectivity index (χ0v) is 26.0. The predicted molar refractivity (Wildman–Crippen MR) is 174 cm³/mol. The number of anilines is 3. The van der Waals surface area contributed by atoms with Crippen LogP contribution >= 0.6 is 11.6 Å². The first-order chi connectivity index (χ1) is 21.6. The maximum absolute atomic E-state index is 12.5. The zero-order valence-electron chi connectivity index (χ0n) is 25.3. The molecule has 1 saturated heterocycles. The first-order valence-corrected chi connectivity index (χ1v) is 14.8. The molecule has 2 aromatic carbocycles. The van der Waals surface area contributed by atoms with Crippen LogP contribution < -0.4 is 15.4 Å². The second-order valence-electron chi connectivity index (χ2n) is 11.4. The lowest BCUT2D eigenvalue weighted by molar-refractivity contribution is -0.111. The van der Waals surface area contributed by atoms with Crippen molar-refractivity contribution in [3.63, 3.8) is 0 Å². The number of nitrogens with zero attached hydrogens (tertiary/aromatic N) is 4. The fourth-order valence-corrected chi connectivity index (χ4v) is 4.85. The van der Waals surface area contributed by atoms with E-state index in [0.717, 1.165) is 12.1 Å². The topological polar surface area (TPSA) is 119 Å². The van der Waals surface area contributed by atoms with Crippen molar-refractivity contribution < 1.29 is 19.1 Å². The molecule has 1 atom stereocenters. The fourth-order valence-electron chi connectivity index (χ4n) is 4.61. The van der Waals surface area contributed by atoms with Crippen LogP contribution in [-0.4, -0.2) is 50.5 Å². The van der Waals surface area contributed by atoms with Crippen molar-refractivity contribution in [2.75, 3.05) is 23.7 Å². The Balaban J connectivity index is 1.37. The summed E-state index contributed by atoms with van der Waals surface area (Å²) in [5.41, 5.74) is 2.59. The Morgan fingerprint density at radius 1 is 1.16 bits per heavy atom. The van der Waals surface area contributed by atoms with Crippen LogP contribution in [0.2, 0.25) is 5.02 Å². The van der Waals surface area contributed by atoms with Crippen molar-refractivity contribution in [2.45, 2.75) is 39.4 Å². The van der Waals surface area contributed by atoms with E-state index >= 15 is 0 Å². The molecular weight excluding hydrogens is 592 g/mol. The summed E-state index contributed by atoms with van der Waals surface area (Å²) in [5, 5.41) is 7.21. The number of rotatable bonds is 7. The summed E-state index contributed by atoms with van der Waals surface area (Å²) in [6, 6.07) is 14.5. The van der Waals surface area contributed by atoms with E-state index in [2.05, 4.69) is 44.0 Å². The van der Waals surface area contributed by atoms with Gasteiger partial charge in [0.2, 0.25) is 5.91 Å². The van der Waals surface area contributed by atoms with Crippen LogP contribution in [0.15, 0.2) is 73.7 Å². The van der Waals surface area contributed by atoms with Gasteiger partial charge in [-0.2, -0.15) is 0 Å². The highest BCUT2D eigenvalue weighted by atomic mass is 35.5. The molecule has 0 spiro atoms. The minimum Gasteiger partial charge on any atom is -0.486 e. The van der Waals surface area contributed by atoms with Gasteiger partial charge in [-0.25, -0.2) is 14.8 Å². The van der Waals surface area contributed by atoms with Crippen LogP contribution in [-0.2, 0) is 16.1 Å². The molecule has 1 aliphatic rings. The summed E-state index contributed by atoms with van der Waals surface area (Å²) >= 11 is 6.52. The Morgan fingerprint density at radius 3 is 2.73 bits per heavy atom. The first-order valence-electron chi connectivity index (χ1n) is 14.4. The SMILES string of the molecule is C=CC(=O)Nc1cc2c(Nc3ccc(OCc4ccccn4)c(Cl)c3)ncnc2cc1C#CC1CCN(C(=O)OC(C)(C)C)C1. The Labute approximate surface area is 266 Å². The lowest BCUT2D eigenvalue weighted by Gasteiger charge is -2.24. The van der Waals surface area contributed by atoms with Gasteiger partial charge in [-0.3, -0.25) is 9.78 Å². The predicted octanol–water partition coefficient (Wildman–Crippen LogP) is 6.73. The van der Waals surface area contributed by atoms with Crippen LogP contribution in [0.4, 0.5) is 22.0 Å². The van der Waals surface area contributed by atoms with Crippen molar-refractivity contribution in [1.29, 1.82) is 0 Å². The summed E-state index contributed by atoms with van der Waals surface area (Å²) < 4.78 is 11.3. The number of carbonyl (C=O) groups is 2. The van der Waals surface area contributed by atoms with Gasteiger partial charge < -0.3 is 25.0 Å². The van der Waals surface area contributed by atoms with Crippen molar-refractivity contribution in [3.8, 4) is 17.6 Å². The normalized spacial score (nSPS) is 14.3. The Hall–Kier alpha value is -5.14. The summed E-state index contributed by atoms with van der Waals surface area (Å²) in [6.45, 7) is 10.4. The van der Waals surface area contributed by atoms with E-state index in [0.29, 0.717) is 57.5 Å². The molecule has 0 radical (unpaired) electrons. The molecule has 11 heteroatoms. The Bertz CT molecular complexity index is 1800. The largest absolute Gasteiger partial charge is 0.486 e. The second-order valence-corrected chi connectivity index (χ2v) is 11.8. The average Bonchev–Trinajstić information content (AvgIpc) is 3.49. The number of hydrogen-bond donors (Lipinski definition) is 2. The highest BCUT2D eigenvalue weighted by Crippen LogP contribution is 2.32. The van der Waals surface area contributed by atoms with Crippen LogP contribution in [0.1, 0.15) is 38.4 Å². The van der Waals surface area contributed by atoms with Crippen LogP contribution in [0.3, 0.4) is 0 Å². The van der Waals surface area contributed by atoms with Gasteiger partial charge in [0.15, 0.2) is 0 Å². The number of hydrogen-bond acceptors (Lipinski definition) is 8. The van der Waals surface area contributed by atoms with Crippen molar-refractivity contribution in [1.82, 2.24) is 19.9 Å². The smallest absolute Gasteiger partial charge is 0.410 e. The third-order valence-corrected chi connectivity index (χ3v) is 7.06. The van der Waals surface area contributed by atoms with Crippen LogP contribution in [0.5, 0.6) is 5.75 Å². The van der Waals surface area contributed by atoms with E-state index in [4.69, 9.17) is 21.1 Å². The molecule has 3 heterocycles. The number of fused-ring (bicyclic) bond motifs is 1. The molecule has 5 rings (SSSR count). The fraction of sp³-hybridized carbons (Fsp3) is 0.265. The van der Waals surface area contributed by atoms with Crippen LogP contribution in [0, 0.1) is 17.8 Å². The highest BCUT2D eigenvalue weighted by molar-refractivity contribution is 6.32. The minimum atomic E-state index is -0.565. The second kappa shape index (κ2) is 13.7. The number of carbonyl (C=O) groups excluding carboxylic acids is 2. The number of likely N-dealkylation sites (tertiary alicyclic amines) is 1. The molecule has 2 amide bonds. The average molecular weight is 625 g/mol. The number of nitrogens with one attached hydrogen (secondary N) is 2. The van der Waals surface area contributed by atoms with Gasteiger partial charge in [0.25, 0.3) is 0 Å². The third-order valence-electron chi connectivity index (χ3n) is 6.77. The van der Waals surface area contributed by atoms with Crippen molar-refractivity contribution in [2.24, 2.45) is 5.92 Å². The highest BCUT2D eigenvalue weighted by Gasteiger charge is 2.29. The molecule has 0 bridgehead atoms. The van der Waals surface area contributed by atoms with Crippen molar-refractivity contribution in [3.05, 3.63) is 90.0 Å². The molecule has 45 heavy (non-hydrogen) atoms. The summed E-state index contributed by atoms with van der Waals surface area (Å²) in [4.78, 5) is 39.6. The molecule has 1 fully saturated rings. The maximum Gasteiger partial charge on any atom is 0.410 e. The van der Waals surface area contributed by atoms with Crippen molar-refractivity contribution >= 4 is 51.7 Å². The lowest BCUT2D eigenvalue weighted by atomic mass is 10.1. The third kappa shape index (κ3) is 8.28. The van der Waals surface area contributed by atoms with Gasteiger partial charge >= 0.3 is 6.09 Å². The molecule has 2 N–H and O–H groups in total. The van der Waals surface area contributed by atoms with E-state index in [9.17, 15) is 9.59 Å². The number of amides is 2. The summed E-state index contributed by atoms with van der Waals surface area (Å²) in [6.07, 6.45) is 4.73. The van der Waals surface area contributed by atoms with Gasteiger partial charge in [0.1, 0.15) is 30.1 Å². The van der Waals surface area contributed by atoms with Gasteiger partial charge in [-0.05, 0) is 75.7 Å². The van der Waals surface area contributed by atoms with Gasteiger partial charge in [0.05, 0.1) is 27.5 Å². The summed E-state index contributed by atoms with van der Waals surface area (Å²) in [5.74, 6) is 7.07. The monoisotopic (exact) mass is 624 g/mol. The quantitative estimate of drug-likeness (QED) is 0.172. The number of pyridine rings is 1. The molecule has 0 saturated carbocycles. The van der Waals surface area contributed by atoms with E-state index in [1.165, 1.54) is 12.4 Å². The van der Waals surface area contributed by atoms with E-state index in [1.54, 1.807) is 35.4 Å². The summed E-state index contributed by atoms with van der Waals surface area (Å²) in [7, 11) is 0. The molecule has 230 valence electrons. The molecule has 0 aliphatic carbocycles. The molecule has 4 aromatic rings. The van der Waals surface area contributed by atoms with Gasteiger partial charge in [0, 0.05) is 36.3 Å². The first kappa shape index (κ1) is 31.3. The van der Waals surface area contributed by atoms with E-state index in [-0.39, 0.29) is 24.5 Å². The molecule has 10 nitrogen and oxygen atoms in total. The molecule has 2 aromatic heterocycles. The number of ether oxygens (including phenoxy) is 2. The Kier molecular flexibility index (Phi) is 9.50. The minimum absolute atomic E-state index is 0.0422. The molecule has 1 unspecified atom stereocenters. The van der Waals surface area contributed by atoms with Gasteiger partial charge in [-0.15, -0.1) is 0 Å². The van der Waals surface area contributed by atoms with E-state index in [1.807, 2.05) is 45.0 Å². The van der Waals surface area contributed by atoms with E-state index < -0.39 is 5.60 Å². The molecular formula is C34H33ClN6O4. The zero-order chi connectivity index (χ0) is 32.0. The Morgan fingerprint density at radius 2 is 2.00 bits per heavy atom. The number of halogens is 1. The standard InChI is InChI=1S/C34H33ClN6O4/c1-5-31(42)40-28-18-26-29(16-23(28)10-9-22-13-15-41(19-22)33(43)45-34(2,3)4)37-21-38-32(26)39-24-11-12-30(27(35)17-24)44-20-25-8-6-7-14-36-25/h5-8,11-12,14,16-18,21-22H,1,13,15,19-20H2,2-4H3,(H,40,42)(H,37,38,39). The lowest BCUT2D eigenvalue weighted by Crippen LogP contribution is -2.35. The molecule has 1 aliphatic heterocycles. The maximum atomic E-state index is 12.5. The van der Waals surface area contributed by atoms with Crippen LogP contribution in [0.25, 0.3) is 10.9 Å². The number of benzene rings is 2. The number of aromatic nitrogens is 3.